The first-order valence-electron chi connectivity index (χ1n) is 8.16. The van der Waals surface area contributed by atoms with Gasteiger partial charge >= 0.3 is 0 Å². The summed E-state index contributed by atoms with van der Waals surface area (Å²) in [4.78, 5) is 17.8. The van der Waals surface area contributed by atoms with Gasteiger partial charge in [-0.1, -0.05) is 70.3 Å². The number of fused-ring (bicyclic) bond motifs is 1. The molecule has 0 N–H and O–H groups in total. The number of aromatic nitrogens is 3. The summed E-state index contributed by atoms with van der Waals surface area (Å²) in [5.74, 6) is 1.22. The van der Waals surface area contributed by atoms with E-state index in [4.69, 9.17) is 4.74 Å². The van der Waals surface area contributed by atoms with Crippen molar-refractivity contribution in [2.24, 2.45) is 0 Å². The summed E-state index contributed by atoms with van der Waals surface area (Å²) in [5.41, 5.74) is 1.48. The Morgan fingerprint density at radius 1 is 1.19 bits per heavy atom. The lowest BCUT2D eigenvalue weighted by Crippen LogP contribution is -2.23. The Balaban J connectivity index is 1.79. The maximum atomic E-state index is 12.8. The molecule has 4 aromatic rings. The number of rotatable bonds is 5. The summed E-state index contributed by atoms with van der Waals surface area (Å²) in [6.45, 7) is 4.06. The normalized spacial score (nSPS) is 11.8. The molecule has 0 radical (unpaired) electrons. The Hall–Kier alpha value is -2.77. The zero-order chi connectivity index (χ0) is 18.8. The zero-order valence-corrected chi connectivity index (χ0v) is 16.5. The number of ether oxygens (including phenoxy) is 1. The summed E-state index contributed by atoms with van der Waals surface area (Å²) in [6.07, 6.45) is 3.49. The van der Waals surface area contributed by atoms with Crippen molar-refractivity contribution < 1.29 is 4.74 Å². The number of thiazole rings is 1. The Morgan fingerprint density at radius 3 is 2.74 bits per heavy atom. The number of nitrogens with zero attached hydrogens (tertiary/aromatic N) is 3. The van der Waals surface area contributed by atoms with Gasteiger partial charge in [0.05, 0.1) is 4.53 Å². The van der Waals surface area contributed by atoms with Crippen molar-refractivity contribution in [3.8, 4) is 17.1 Å². The van der Waals surface area contributed by atoms with E-state index in [0.717, 1.165) is 15.6 Å². The number of hydrogen-bond donors (Lipinski definition) is 0. The predicted octanol–water partition coefficient (Wildman–Crippen LogP) is 3.69. The molecule has 0 unspecified atom stereocenters. The predicted molar refractivity (Wildman–Crippen MR) is 111 cm³/mol. The maximum Gasteiger partial charge on any atom is 0.291 e. The zero-order valence-electron chi connectivity index (χ0n) is 14.1. The number of para-hydroxylation sites is 1. The van der Waals surface area contributed by atoms with E-state index in [1.807, 2.05) is 48.5 Å². The summed E-state index contributed by atoms with van der Waals surface area (Å²) >= 11 is 4.80. The Bertz CT molecular complexity index is 1250. The highest BCUT2D eigenvalue weighted by molar-refractivity contribution is 9.10. The van der Waals surface area contributed by atoms with Crippen LogP contribution in [0.3, 0.4) is 0 Å². The topological polar surface area (TPSA) is 56.5 Å². The Labute approximate surface area is 167 Å². The SMILES string of the molecule is C=CCOc1ccccc1/C=c1\sc2nc(-c3ccccc3Br)nn2c1=O. The van der Waals surface area contributed by atoms with Crippen LogP contribution in [0.15, 0.2) is 70.5 Å². The highest BCUT2D eigenvalue weighted by Gasteiger charge is 2.14. The van der Waals surface area contributed by atoms with Crippen molar-refractivity contribution in [1.29, 1.82) is 0 Å². The third-order valence-corrected chi connectivity index (χ3v) is 5.51. The van der Waals surface area contributed by atoms with E-state index in [1.54, 1.807) is 12.2 Å². The van der Waals surface area contributed by atoms with Gasteiger partial charge in [0.15, 0.2) is 5.82 Å². The third-order valence-electron chi connectivity index (χ3n) is 3.86. The van der Waals surface area contributed by atoms with Crippen LogP contribution in [-0.4, -0.2) is 21.2 Å². The molecule has 0 aliphatic rings. The smallest absolute Gasteiger partial charge is 0.291 e. The maximum absolute atomic E-state index is 12.8. The van der Waals surface area contributed by atoms with E-state index in [1.165, 1.54) is 15.9 Å². The minimum Gasteiger partial charge on any atom is -0.489 e. The lowest BCUT2D eigenvalue weighted by Gasteiger charge is -2.05. The van der Waals surface area contributed by atoms with Crippen LogP contribution in [0.2, 0.25) is 0 Å². The summed E-state index contributed by atoms with van der Waals surface area (Å²) < 4.78 is 8.44. The molecular weight excluding hydrogens is 426 g/mol. The third kappa shape index (κ3) is 3.43. The van der Waals surface area contributed by atoms with Crippen LogP contribution in [-0.2, 0) is 0 Å². The largest absolute Gasteiger partial charge is 0.489 e. The van der Waals surface area contributed by atoms with E-state index in [0.29, 0.717) is 27.7 Å². The molecule has 4 rings (SSSR count). The molecule has 7 heteroatoms. The van der Waals surface area contributed by atoms with E-state index in [9.17, 15) is 4.79 Å². The lowest BCUT2D eigenvalue weighted by atomic mass is 10.2. The van der Waals surface area contributed by atoms with Gasteiger partial charge in [-0.2, -0.15) is 9.50 Å². The minimum atomic E-state index is -0.195. The van der Waals surface area contributed by atoms with E-state index < -0.39 is 0 Å². The van der Waals surface area contributed by atoms with Crippen molar-refractivity contribution >= 4 is 38.3 Å². The molecule has 0 fully saturated rings. The molecule has 27 heavy (non-hydrogen) atoms. The first kappa shape index (κ1) is 17.6. The molecule has 2 heterocycles. The first-order valence-corrected chi connectivity index (χ1v) is 9.77. The number of halogens is 1. The molecule has 0 bridgehead atoms. The summed E-state index contributed by atoms with van der Waals surface area (Å²) in [7, 11) is 0. The quantitative estimate of drug-likeness (QED) is 0.445. The molecule has 0 saturated carbocycles. The highest BCUT2D eigenvalue weighted by atomic mass is 79.9. The van der Waals surface area contributed by atoms with Gasteiger partial charge in [0.1, 0.15) is 12.4 Å². The number of benzene rings is 2. The monoisotopic (exact) mass is 439 g/mol. The fourth-order valence-electron chi connectivity index (χ4n) is 2.61. The molecule has 5 nitrogen and oxygen atoms in total. The summed E-state index contributed by atoms with van der Waals surface area (Å²) in [6, 6.07) is 15.2. The van der Waals surface area contributed by atoms with E-state index >= 15 is 0 Å². The van der Waals surface area contributed by atoms with E-state index in [2.05, 4.69) is 32.6 Å². The van der Waals surface area contributed by atoms with Crippen molar-refractivity contribution in [3.63, 3.8) is 0 Å². The molecule has 0 aliphatic carbocycles. The van der Waals surface area contributed by atoms with Crippen molar-refractivity contribution in [2.45, 2.75) is 0 Å². The highest BCUT2D eigenvalue weighted by Crippen LogP contribution is 2.25. The minimum absolute atomic E-state index is 0.195. The summed E-state index contributed by atoms with van der Waals surface area (Å²) in [5, 5.41) is 4.39. The second kappa shape index (κ2) is 7.46. The molecule has 0 atom stereocenters. The molecule has 0 spiro atoms. The average Bonchev–Trinajstić information content (AvgIpc) is 3.21. The molecular formula is C20H14BrN3O2S. The van der Waals surface area contributed by atoms with Crippen LogP contribution in [0.1, 0.15) is 5.56 Å². The second-order valence-corrected chi connectivity index (χ2v) is 7.53. The number of hydrogen-bond acceptors (Lipinski definition) is 5. The van der Waals surface area contributed by atoms with Crippen LogP contribution in [0.5, 0.6) is 5.75 Å². The molecule has 134 valence electrons. The molecule has 2 aromatic carbocycles. The van der Waals surface area contributed by atoms with Gasteiger partial charge in [-0.05, 0) is 24.3 Å². The first-order chi connectivity index (χ1) is 13.2. The van der Waals surface area contributed by atoms with Crippen LogP contribution in [0.25, 0.3) is 22.4 Å². The van der Waals surface area contributed by atoms with Crippen LogP contribution >= 0.6 is 27.3 Å². The van der Waals surface area contributed by atoms with Gasteiger partial charge in [0.2, 0.25) is 4.96 Å². The van der Waals surface area contributed by atoms with Gasteiger partial charge in [0.25, 0.3) is 5.56 Å². The van der Waals surface area contributed by atoms with Gasteiger partial charge in [-0.25, -0.2) is 0 Å². The van der Waals surface area contributed by atoms with Gasteiger partial charge in [-0.15, -0.1) is 5.10 Å². The Morgan fingerprint density at radius 2 is 1.96 bits per heavy atom. The fourth-order valence-corrected chi connectivity index (χ4v) is 3.97. The molecule has 0 amide bonds. The van der Waals surface area contributed by atoms with Crippen LogP contribution in [0, 0.1) is 0 Å². The van der Waals surface area contributed by atoms with Gasteiger partial charge in [0, 0.05) is 15.6 Å². The Kier molecular flexibility index (Phi) is 4.87. The molecule has 0 saturated heterocycles. The van der Waals surface area contributed by atoms with Crippen LogP contribution in [0.4, 0.5) is 0 Å². The fraction of sp³-hybridized carbons (Fsp3) is 0.0500. The molecule has 2 aromatic heterocycles. The standard InChI is InChI=1S/C20H14BrN3O2S/c1-2-11-26-16-10-6-3-7-13(16)12-17-19(25)24-20(27-17)22-18(23-24)14-8-4-5-9-15(14)21/h2-10,12H,1,11H2/b17-12-. The van der Waals surface area contributed by atoms with Gasteiger partial charge < -0.3 is 4.74 Å². The van der Waals surface area contributed by atoms with E-state index in [-0.39, 0.29) is 5.56 Å². The lowest BCUT2D eigenvalue weighted by molar-refractivity contribution is 0.362. The van der Waals surface area contributed by atoms with Crippen molar-refractivity contribution in [1.82, 2.24) is 14.6 Å². The second-order valence-electron chi connectivity index (χ2n) is 5.66. The van der Waals surface area contributed by atoms with Gasteiger partial charge in [-0.3, -0.25) is 4.79 Å². The van der Waals surface area contributed by atoms with Crippen molar-refractivity contribution in [3.05, 3.63) is 86.1 Å². The molecule has 0 aliphatic heterocycles. The average molecular weight is 440 g/mol. The van der Waals surface area contributed by atoms with Crippen LogP contribution < -0.4 is 14.8 Å². The van der Waals surface area contributed by atoms with Crippen molar-refractivity contribution in [2.75, 3.05) is 6.61 Å².